The fourth-order valence-corrected chi connectivity index (χ4v) is 4.08. The number of aryl methyl sites for hydroxylation is 2. The first-order valence-electron chi connectivity index (χ1n) is 8.66. The fraction of sp³-hybridized carbons (Fsp3) is 0.474. The molecule has 4 N–H and O–H groups in total. The monoisotopic (exact) mass is 342 g/mol. The molecule has 0 atom stereocenters. The molecule has 0 saturated heterocycles. The van der Waals surface area contributed by atoms with Crippen LogP contribution in [0.3, 0.4) is 0 Å². The quantitative estimate of drug-likeness (QED) is 0.498. The minimum Gasteiger partial charge on any atom is -0.399 e. The Morgan fingerprint density at radius 2 is 1.84 bits per heavy atom. The Bertz CT molecular complexity index is 740. The van der Waals surface area contributed by atoms with Crippen LogP contribution >= 0.6 is 0 Å². The van der Waals surface area contributed by atoms with Gasteiger partial charge in [0.25, 0.3) is 5.91 Å². The molecule has 1 heterocycles. The first-order valence-corrected chi connectivity index (χ1v) is 8.66. The second-order valence-corrected chi connectivity index (χ2v) is 7.14. The Kier molecular flexibility index (Phi) is 4.45. The van der Waals surface area contributed by atoms with Gasteiger partial charge >= 0.3 is 0 Å². The highest BCUT2D eigenvalue weighted by atomic mass is 16.6. The third kappa shape index (κ3) is 2.97. The van der Waals surface area contributed by atoms with Crippen LogP contribution in [0.15, 0.2) is 34.6 Å². The number of nitrogens with zero attached hydrogens (tertiary/aromatic N) is 2. The highest BCUT2D eigenvalue weighted by molar-refractivity contribution is 6.22. The minimum absolute atomic E-state index is 0.0579. The predicted octanol–water partition coefficient (Wildman–Crippen LogP) is 2.09. The van der Waals surface area contributed by atoms with Crippen LogP contribution in [0.5, 0.6) is 0 Å². The zero-order chi connectivity index (χ0) is 18.2. The molecule has 1 saturated carbocycles. The van der Waals surface area contributed by atoms with Gasteiger partial charge in [-0.1, -0.05) is 47.3 Å². The van der Waals surface area contributed by atoms with Crippen molar-refractivity contribution in [2.75, 3.05) is 7.05 Å². The number of benzene rings is 1. The number of hydrogen-bond acceptors (Lipinski definition) is 4. The summed E-state index contributed by atoms with van der Waals surface area (Å²) in [6, 6.07) is 6.17. The molecule has 0 aromatic heterocycles. The average Bonchev–Trinajstić information content (AvgIpc) is 3.09. The van der Waals surface area contributed by atoms with E-state index in [0.29, 0.717) is 17.9 Å². The van der Waals surface area contributed by atoms with Crippen LogP contribution < -0.4 is 11.5 Å². The summed E-state index contributed by atoms with van der Waals surface area (Å²) >= 11 is 0. The van der Waals surface area contributed by atoms with E-state index in [9.17, 15) is 4.79 Å². The molecule has 0 radical (unpaired) electrons. The van der Waals surface area contributed by atoms with Crippen LogP contribution in [0.25, 0.3) is 0 Å². The maximum absolute atomic E-state index is 12.6. The molecule has 1 spiro atoms. The number of hydrogen-bond donors (Lipinski definition) is 2. The van der Waals surface area contributed by atoms with Crippen molar-refractivity contribution in [2.24, 2.45) is 16.6 Å². The number of carbonyl (C=O) groups excluding carboxylic acids is 1. The summed E-state index contributed by atoms with van der Waals surface area (Å²) in [5.74, 6) is -0.113. The van der Waals surface area contributed by atoms with E-state index in [2.05, 4.69) is 11.2 Å². The van der Waals surface area contributed by atoms with Crippen LogP contribution in [0, 0.1) is 13.8 Å². The summed E-state index contributed by atoms with van der Waals surface area (Å²) in [5.41, 5.74) is 16.1. The molecule has 134 valence electrons. The number of amides is 1. The topological polar surface area (TPSA) is 93.9 Å². The second kappa shape index (κ2) is 6.43. The summed E-state index contributed by atoms with van der Waals surface area (Å²) in [6.07, 6.45) is 3.88. The summed E-state index contributed by atoms with van der Waals surface area (Å²) in [5, 5.41) is 3.96. The van der Waals surface area contributed by atoms with E-state index < -0.39 is 0 Å². The standard InChI is InChI=1S/C19H26N4O2/c1-12-8-13(2)10-14(9-12)11-25-22-17(21)15-16(20)19(6-4-5-7-19)23(3)18(15)24/h8-10H,4-7,11,20H2,1-3H3,(H2,21,22). The van der Waals surface area contributed by atoms with Crippen molar-refractivity contribution in [2.45, 2.75) is 51.7 Å². The number of rotatable bonds is 4. The Balaban J connectivity index is 1.77. The Hall–Kier alpha value is -2.50. The number of amidine groups is 1. The van der Waals surface area contributed by atoms with Crippen molar-refractivity contribution >= 4 is 11.7 Å². The van der Waals surface area contributed by atoms with Gasteiger partial charge in [-0.15, -0.1) is 0 Å². The molecule has 0 unspecified atom stereocenters. The lowest BCUT2D eigenvalue weighted by atomic mass is 9.93. The van der Waals surface area contributed by atoms with Crippen molar-refractivity contribution < 1.29 is 9.63 Å². The number of carbonyl (C=O) groups is 1. The second-order valence-electron chi connectivity index (χ2n) is 7.14. The van der Waals surface area contributed by atoms with Gasteiger partial charge in [0.2, 0.25) is 0 Å². The molecule has 2 aliphatic rings. The molecule has 25 heavy (non-hydrogen) atoms. The van der Waals surface area contributed by atoms with E-state index in [-0.39, 0.29) is 17.3 Å². The molecular formula is C19H26N4O2. The van der Waals surface area contributed by atoms with Crippen LogP contribution in [-0.4, -0.2) is 29.2 Å². The third-order valence-corrected chi connectivity index (χ3v) is 5.29. The Morgan fingerprint density at radius 3 is 2.44 bits per heavy atom. The van der Waals surface area contributed by atoms with E-state index in [1.807, 2.05) is 26.0 Å². The van der Waals surface area contributed by atoms with Crippen molar-refractivity contribution in [1.82, 2.24) is 4.90 Å². The minimum atomic E-state index is -0.389. The van der Waals surface area contributed by atoms with Gasteiger partial charge in [-0.3, -0.25) is 4.79 Å². The van der Waals surface area contributed by atoms with Crippen LogP contribution in [0.2, 0.25) is 0 Å². The first-order chi connectivity index (χ1) is 11.8. The molecule has 6 heteroatoms. The van der Waals surface area contributed by atoms with E-state index >= 15 is 0 Å². The predicted molar refractivity (Wildman–Crippen MR) is 97.5 cm³/mol. The van der Waals surface area contributed by atoms with Gasteiger partial charge in [0.05, 0.1) is 11.2 Å². The SMILES string of the molecule is Cc1cc(C)cc(CON=C(N)C2=C(N)C3(CCCC3)N(C)C2=O)c1. The van der Waals surface area contributed by atoms with Gasteiger partial charge in [-0.2, -0.15) is 0 Å². The summed E-state index contributed by atoms with van der Waals surface area (Å²) in [7, 11) is 1.79. The lowest BCUT2D eigenvalue weighted by molar-refractivity contribution is -0.127. The van der Waals surface area contributed by atoms with Crippen LogP contribution in [0.1, 0.15) is 42.4 Å². The summed E-state index contributed by atoms with van der Waals surface area (Å²) in [6.45, 7) is 4.37. The Morgan fingerprint density at radius 1 is 1.24 bits per heavy atom. The normalized spacial score (nSPS) is 20.0. The maximum atomic E-state index is 12.6. The molecule has 6 nitrogen and oxygen atoms in total. The zero-order valence-corrected chi connectivity index (χ0v) is 15.1. The van der Waals surface area contributed by atoms with Gasteiger partial charge in [0, 0.05) is 7.05 Å². The van der Waals surface area contributed by atoms with Crippen LogP contribution in [0.4, 0.5) is 0 Å². The van der Waals surface area contributed by atoms with Gasteiger partial charge in [0.15, 0.2) is 5.84 Å². The summed E-state index contributed by atoms with van der Waals surface area (Å²) in [4.78, 5) is 19.7. The molecular weight excluding hydrogens is 316 g/mol. The van der Waals surface area contributed by atoms with Crippen molar-refractivity contribution in [3.63, 3.8) is 0 Å². The molecule has 1 aromatic rings. The highest BCUT2D eigenvalue weighted by Crippen LogP contribution is 2.44. The molecule has 1 aliphatic heterocycles. The van der Waals surface area contributed by atoms with E-state index in [0.717, 1.165) is 31.2 Å². The smallest absolute Gasteiger partial charge is 0.260 e. The third-order valence-electron chi connectivity index (χ3n) is 5.29. The summed E-state index contributed by atoms with van der Waals surface area (Å²) < 4.78 is 0. The van der Waals surface area contributed by atoms with Gasteiger partial charge in [-0.05, 0) is 32.3 Å². The van der Waals surface area contributed by atoms with E-state index in [1.165, 1.54) is 11.1 Å². The van der Waals surface area contributed by atoms with Crippen molar-refractivity contribution in [3.05, 3.63) is 46.2 Å². The number of oxime groups is 1. The molecule has 1 aromatic carbocycles. The van der Waals surface area contributed by atoms with Crippen molar-refractivity contribution in [1.29, 1.82) is 0 Å². The van der Waals surface area contributed by atoms with E-state index in [1.54, 1.807) is 11.9 Å². The molecule has 3 rings (SSSR count). The van der Waals surface area contributed by atoms with Gasteiger partial charge in [0.1, 0.15) is 12.2 Å². The molecule has 1 amide bonds. The largest absolute Gasteiger partial charge is 0.399 e. The zero-order valence-electron chi connectivity index (χ0n) is 15.1. The van der Waals surface area contributed by atoms with Crippen molar-refractivity contribution in [3.8, 4) is 0 Å². The number of likely N-dealkylation sites (N-methyl/N-ethyl adjacent to an activating group) is 1. The molecule has 1 fully saturated rings. The van der Waals surface area contributed by atoms with Gasteiger partial charge < -0.3 is 21.2 Å². The lowest BCUT2D eigenvalue weighted by Gasteiger charge is -2.33. The molecule has 1 aliphatic carbocycles. The van der Waals surface area contributed by atoms with Crippen LogP contribution in [-0.2, 0) is 16.2 Å². The molecule has 0 bridgehead atoms. The van der Waals surface area contributed by atoms with Gasteiger partial charge in [-0.25, -0.2) is 0 Å². The highest BCUT2D eigenvalue weighted by Gasteiger charge is 2.51. The maximum Gasteiger partial charge on any atom is 0.260 e. The number of nitrogens with two attached hydrogens (primary N) is 2. The first kappa shape index (κ1) is 17.3. The Labute approximate surface area is 148 Å². The average molecular weight is 342 g/mol. The lowest BCUT2D eigenvalue weighted by Crippen LogP contribution is -2.45. The fourth-order valence-electron chi connectivity index (χ4n) is 4.08. The van der Waals surface area contributed by atoms with E-state index in [4.69, 9.17) is 16.3 Å².